The average Bonchev–Trinajstić information content (AvgIpc) is 2.50. The Morgan fingerprint density at radius 1 is 1.32 bits per heavy atom. The molecule has 0 atom stereocenters. The lowest BCUT2D eigenvalue weighted by Crippen LogP contribution is -2.28. The second kappa shape index (κ2) is 5.73. The Morgan fingerprint density at radius 3 is 2.84 bits per heavy atom. The van der Waals surface area contributed by atoms with Crippen molar-refractivity contribution in [1.29, 1.82) is 0 Å². The normalized spacial score (nSPS) is 18.9. The molecule has 0 aromatic carbocycles. The van der Waals surface area contributed by atoms with Gasteiger partial charge >= 0.3 is 0 Å². The maximum absolute atomic E-state index is 11.6. The third-order valence-electron chi connectivity index (χ3n) is 3.06. The van der Waals surface area contributed by atoms with Gasteiger partial charge in [-0.15, -0.1) is 0 Å². The van der Waals surface area contributed by atoms with E-state index in [1.54, 1.807) is 0 Å². The Labute approximate surface area is 114 Å². The van der Waals surface area contributed by atoms with Crippen LogP contribution in [0.1, 0.15) is 19.0 Å². The van der Waals surface area contributed by atoms with E-state index in [0.29, 0.717) is 18.9 Å². The highest BCUT2D eigenvalue weighted by molar-refractivity contribution is 7.91. The van der Waals surface area contributed by atoms with Crippen molar-refractivity contribution in [3.63, 3.8) is 0 Å². The number of rotatable bonds is 3. The van der Waals surface area contributed by atoms with Gasteiger partial charge in [-0.25, -0.2) is 13.4 Å². The number of nitrogens with one attached hydrogen (secondary N) is 1. The first kappa shape index (κ1) is 14.0. The van der Waals surface area contributed by atoms with Crippen LogP contribution in [0.15, 0.2) is 6.07 Å². The topological polar surface area (TPSA) is 75.2 Å². The smallest absolute Gasteiger partial charge is 0.224 e. The molecule has 1 fully saturated rings. The Hall–Kier alpha value is -1.37. The fourth-order valence-electron chi connectivity index (χ4n) is 2.12. The van der Waals surface area contributed by atoms with Gasteiger partial charge in [0.05, 0.1) is 11.5 Å². The summed E-state index contributed by atoms with van der Waals surface area (Å²) in [4.78, 5) is 10.8. The summed E-state index contributed by atoms with van der Waals surface area (Å²) in [5.41, 5.74) is 0.882. The molecule has 0 spiro atoms. The van der Waals surface area contributed by atoms with Gasteiger partial charge in [0.2, 0.25) is 5.95 Å². The summed E-state index contributed by atoms with van der Waals surface area (Å²) in [6.07, 6.45) is 0.655. The molecule has 0 aliphatic carbocycles. The molecular weight excluding hydrogens is 264 g/mol. The van der Waals surface area contributed by atoms with E-state index in [9.17, 15) is 8.42 Å². The molecule has 0 radical (unpaired) electrons. The van der Waals surface area contributed by atoms with Gasteiger partial charge in [-0.3, -0.25) is 0 Å². The van der Waals surface area contributed by atoms with Gasteiger partial charge in [0.15, 0.2) is 9.84 Å². The monoisotopic (exact) mass is 284 g/mol. The molecule has 0 saturated carbocycles. The summed E-state index contributed by atoms with van der Waals surface area (Å²) in [6.45, 7) is 5.90. The Morgan fingerprint density at radius 2 is 2.11 bits per heavy atom. The van der Waals surface area contributed by atoms with Crippen molar-refractivity contribution < 1.29 is 8.42 Å². The molecule has 1 aliphatic heterocycles. The highest BCUT2D eigenvalue weighted by Crippen LogP contribution is 2.17. The van der Waals surface area contributed by atoms with Crippen molar-refractivity contribution in [3.05, 3.63) is 11.8 Å². The number of sulfone groups is 1. The van der Waals surface area contributed by atoms with Gasteiger partial charge in [-0.1, -0.05) is 0 Å². The maximum atomic E-state index is 11.6. The zero-order valence-corrected chi connectivity index (χ0v) is 12.2. The van der Waals surface area contributed by atoms with E-state index < -0.39 is 9.84 Å². The van der Waals surface area contributed by atoms with E-state index in [0.717, 1.165) is 24.6 Å². The predicted molar refractivity (Wildman–Crippen MR) is 76.4 cm³/mol. The molecule has 19 heavy (non-hydrogen) atoms. The van der Waals surface area contributed by atoms with E-state index in [-0.39, 0.29) is 11.5 Å². The average molecular weight is 284 g/mol. The molecule has 0 unspecified atom stereocenters. The first-order valence-corrected chi connectivity index (χ1v) is 8.37. The van der Waals surface area contributed by atoms with Crippen LogP contribution in [0.4, 0.5) is 11.8 Å². The molecule has 0 bridgehead atoms. The van der Waals surface area contributed by atoms with Crippen LogP contribution in [0.3, 0.4) is 0 Å². The first-order valence-electron chi connectivity index (χ1n) is 6.55. The molecule has 1 aliphatic rings. The van der Waals surface area contributed by atoms with Crippen molar-refractivity contribution in [2.24, 2.45) is 0 Å². The molecule has 1 saturated heterocycles. The van der Waals surface area contributed by atoms with Gasteiger partial charge in [0, 0.05) is 31.4 Å². The second-order valence-electron chi connectivity index (χ2n) is 4.71. The molecule has 1 N–H and O–H groups in total. The van der Waals surface area contributed by atoms with Crippen molar-refractivity contribution in [3.8, 4) is 0 Å². The predicted octanol–water partition coefficient (Wildman–Crippen LogP) is 0.842. The molecular formula is C12H20N4O2S. The number of aryl methyl sites for hydroxylation is 1. The molecule has 1 aromatic rings. The highest BCUT2D eigenvalue weighted by Gasteiger charge is 2.20. The number of aromatic nitrogens is 2. The Bertz CT molecular complexity index is 545. The lowest BCUT2D eigenvalue weighted by atomic mass is 10.3. The fraction of sp³-hybridized carbons (Fsp3) is 0.667. The van der Waals surface area contributed by atoms with Crippen LogP contribution in [0.5, 0.6) is 0 Å². The number of hydrogen-bond donors (Lipinski definition) is 1. The zero-order valence-electron chi connectivity index (χ0n) is 11.4. The molecule has 7 heteroatoms. The lowest BCUT2D eigenvalue weighted by Gasteiger charge is -2.21. The van der Waals surface area contributed by atoms with E-state index in [2.05, 4.69) is 15.3 Å². The number of anilines is 2. The minimum absolute atomic E-state index is 0.201. The van der Waals surface area contributed by atoms with Crippen LogP contribution >= 0.6 is 0 Å². The van der Waals surface area contributed by atoms with Gasteiger partial charge in [-0.2, -0.15) is 4.98 Å². The van der Waals surface area contributed by atoms with Crippen molar-refractivity contribution in [2.45, 2.75) is 20.3 Å². The molecule has 6 nitrogen and oxygen atoms in total. The van der Waals surface area contributed by atoms with Gasteiger partial charge in [-0.05, 0) is 20.3 Å². The summed E-state index contributed by atoms with van der Waals surface area (Å²) in [5, 5.41) is 3.09. The summed E-state index contributed by atoms with van der Waals surface area (Å²) >= 11 is 0. The minimum Gasteiger partial charge on any atom is -0.355 e. The van der Waals surface area contributed by atoms with E-state index in [1.165, 1.54) is 0 Å². The SMILES string of the molecule is CCNc1nc(C)cc(N2CCCS(=O)(=O)CC2)n1. The lowest BCUT2D eigenvalue weighted by molar-refractivity contribution is 0.597. The van der Waals surface area contributed by atoms with Crippen LogP contribution in [0, 0.1) is 6.92 Å². The van der Waals surface area contributed by atoms with Gasteiger partial charge in [0.25, 0.3) is 0 Å². The standard InChI is InChI=1S/C12H20N4O2S/c1-3-13-12-14-10(2)9-11(15-12)16-5-4-7-19(17,18)8-6-16/h9H,3-8H2,1-2H3,(H,13,14,15). The maximum Gasteiger partial charge on any atom is 0.224 e. The minimum atomic E-state index is -2.89. The Balaban J connectivity index is 2.21. The number of nitrogens with zero attached hydrogens (tertiary/aromatic N) is 3. The van der Waals surface area contributed by atoms with Crippen LogP contribution in [-0.4, -0.2) is 49.5 Å². The zero-order chi connectivity index (χ0) is 13.9. The quantitative estimate of drug-likeness (QED) is 0.886. The van der Waals surface area contributed by atoms with Gasteiger partial charge in [0.1, 0.15) is 5.82 Å². The third kappa shape index (κ3) is 3.79. The van der Waals surface area contributed by atoms with E-state index in [1.807, 2.05) is 24.8 Å². The van der Waals surface area contributed by atoms with Crippen molar-refractivity contribution in [2.75, 3.05) is 41.4 Å². The molecule has 2 rings (SSSR count). The van der Waals surface area contributed by atoms with E-state index in [4.69, 9.17) is 0 Å². The second-order valence-corrected chi connectivity index (χ2v) is 7.02. The highest BCUT2D eigenvalue weighted by atomic mass is 32.2. The third-order valence-corrected chi connectivity index (χ3v) is 4.77. The van der Waals surface area contributed by atoms with Crippen LogP contribution in [-0.2, 0) is 9.84 Å². The van der Waals surface area contributed by atoms with Crippen LogP contribution in [0.25, 0.3) is 0 Å². The largest absolute Gasteiger partial charge is 0.355 e. The molecule has 1 aromatic heterocycles. The summed E-state index contributed by atoms with van der Waals surface area (Å²) in [7, 11) is -2.89. The summed E-state index contributed by atoms with van der Waals surface area (Å²) < 4.78 is 23.2. The summed E-state index contributed by atoms with van der Waals surface area (Å²) in [5.74, 6) is 1.88. The van der Waals surface area contributed by atoms with E-state index >= 15 is 0 Å². The summed E-state index contributed by atoms with van der Waals surface area (Å²) in [6, 6.07) is 1.90. The molecule has 0 amide bonds. The van der Waals surface area contributed by atoms with Crippen molar-refractivity contribution >= 4 is 21.6 Å². The Kier molecular flexibility index (Phi) is 4.24. The number of hydrogen-bond acceptors (Lipinski definition) is 6. The van der Waals surface area contributed by atoms with Crippen LogP contribution < -0.4 is 10.2 Å². The fourth-order valence-corrected chi connectivity index (χ4v) is 3.39. The van der Waals surface area contributed by atoms with Gasteiger partial charge < -0.3 is 10.2 Å². The molecule has 2 heterocycles. The van der Waals surface area contributed by atoms with Crippen LogP contribution in [0.2, 0.25) is 0 Å². The molecule has 106 valence electrons. The first-order chi connectivity index (χ1) is 9.00. The van der Waals surface area contributed by atoms with Crippen molar-refractivity contribution in [1.82, 2.24) is 9.97 Å².